The van der Waals surface area contributed by atoms with Crippen molar-refractivity contribution in [1.82, 2.24) is 0 Å². The summed E-state index contributed by atoms with van der Waals surface area (Å²) in [6, 6.07) is 73.2. The van der Waals surface area contributed by atoms with Crippen molar-refractivity contribution in [2.45, 2.75) is 79.1 Å². The Balaban J connectivity index is 0.907. The Morgan fingerprint density at radius 1 is 0.274 bits per heavy atom. The number of halogens is 2. The van der Waals surface area contributed by atoms with Gasteiger partial charge in [0.15, 0.2) is 0 Å². The van der Waals surface area contributed by atoms with E-state index in [1.807, 2.05) is 0 Å². The summed E-state index contributed by atoms with van der Waals surface area (Å²) in [5.41, 5.74) is 13.8. The van der Waals surface area contributed by atoms with Gasteiger partial charge in [-0.2, -0.15) is 0 Å². The van der Waals surface area contributed by atoms with Gasteiger partial charge in [0.05, 0.1) is 0 Å². The Labute approximate surface area is 510 Å². The number of alkyl halides is 2. The Kier molecular flexibility index (Phi) is 11.3. The SMILES string of the molecule is CCCCc1ccc(-c2c3c(c(-c4ccc([I-]CCC)cc4)c4ccccc24)-c2ccc4c5ccc6c7ccc8c9c(CCCC)c%10c%11cccc%12cccc(c%10c([I-]CCC)c9c9ccc(c%10ccc(c%13ccc-3c2c4%13)c5c6%10)c7c89)c%12%11)cc1. The molecule has 18 rings (SSSR count). The second kappa shape index (κ2) is 19.1. The topological polar surface area (TPSA) is 0 Å². The van der Waals surface area contributed by atoms with Gasteiger partial charge in [-0.05, 0) is 12.8 Å². The molecule has 0 bridgehead atoms. The molecule has 0 N–H and O–H groups in total. The normalized spacial score (nSPS) is 13.0. The maximum atomic E-state index is 2.57. The van der Waals surface area contributed by atoms with Crippen molar-refractivity contribution in [1.29, 1.82) is 0 Å². The first-order valence-corrected chi connectivity index (χ1v) is 36.3. The average molecular weight is 1300 g/mol. The van der Waals surface area contributed by atoms with Gasteiger partial charge in [-0.1, -0.05) is 13.3 Å². The van der Waals surface area contributed by atoms with Crippen molar-refractivity contribution in [3.63, 3.8) is 0 Å². The second-order valence-corrected chi connectivity index (χ2v) is 30.3. The quantitative estimate of drug-likeness (QED) is 0.0441. The van der Waals surface area contributed by atoms with Crippen LogP contribution < -0.4 is 42.4 Å². The molecule has 406 valence electrons. The predicted octanol–water partition coefficient (Wildman–Crippen LogP) is 17.4. The van der Waals surface area contributed by atoms with E-state index in [1.165, 1.54) is 220 Å². The molecular formula is C82H62I2-2. The summed E-state index contributed by atoms with van der Waals surface area (Å²) in [5.74, 6) is 0. The van der Waals surface area contributed by atoms with E-state index < -0.39 is 0 Å². The van der Waals surface area contributed by atoms with E-state index in [0.717, 1.165) is 12.8 Å². The maximum absolute atomic E-state index is 2.57. The van der Waals surface area contributed by atoms with Gasteiger partial charge in [-0.15, -0.1) is 0 Å². The van der Waals surface area contributed by atoms with E-state index in [-0.39, 0.29) is 42.4 Å². The number of hydrogen-bond donors (Lipinski definition) is 0. The fourth-order valence-electron chi connectivity index (χ4n) is 16.4. The number of fused-ring (bicyclic) bond motifs is 14. The predicted molar refractivity (Wildman–Crippen MR) is 359 cm³/mol. The van der Waals surface area contributed by atoms with Gasteiger partial charge < -0.3 is 0 Å². The van der Waals surface area contributed by atoms with Crippen LogP contribution in [0.4, 0.5) is 0 Å². The zero-order chi connectivity index (χ0) is 55.6. The first-order chi connectivity index (χ1) is 41.6. The number of benzene rings is 15. The number of hydrogen-bond acceptors (Lipinski definition) is 0. The Morgan fingerprint density at radius 3 is 1.19 bits per heavy atom. The van der Waals surface area contributed by atoms with Gasteiger partial charge >= 0.3 is 489 Å². The average Bonchev–Trinajstić information content (AvgIpc) is 1.42. The van der Waals surface area contributed by atoms with Crippen molar-refractivity contribution in [2.75, 3.05) is 8.86 Å². The van der Waals surface area contributed by atoms with Gasteiger partial charge in [0.2, 0.25) is 0 Å². The third kappa shape index (κ3) is 6.70. The van der Waals surface area contributed by atoms with Crippen molar-refractivity contribution in [3.05, 3.63) is 200 Å². The van der Waals surface area contributed by atoms with Gasteiger partial charge in [0.25, 0.3) is 0 Å². The van der Waals surface area contributed by atoms with Crippen LogP contribution in [0.25, 0.3) is 185 Å². The summed E-state index contributed by atoms with van der Waals surface area (Å²) < 4.78 is 5.81. The molecule has 0 heterocycles. The molecular weight excluding hydrogens is 1240 g/mol. The van der Waals surface area contributed by atoms with Crippen LogP contribution >= 0.6 is 0 Å². The van der Waals surface area contributed by atoms with Gasteiger partial charge in [-0.25, -0.2) is 0 Å². The van der Waals surface area contributed by atoms with Crippen LogP contribution in [0, 0.1) is 7.14 Å². The number of unbranched alkanes of at least 4 members (excludes halogenated alkanes) is 2. The van der Waals surface area contributed by atoms with Crippen molar-refractivity contribution in [2.24, 2.45) is 0 Å². The van der Waals surface area contributed by atoms with Crippen LogP contribution in [0.3, 0.4) is 0 Å². The van der Waals surface area contributed by atoms with E-state index in [9.17, 15) is 0 Å². The zero-order valence-corrected chi connectivity index (χ0v) is 52.5. The molecule has 1 aliphatic carbocycles. The molecule has 84 heavy (non-hydrogen) atoms. The molecule has 0 atom stereocenters. The molecule has 2 heteroatoms. The monoisotopic (exact) mass is 1300 g/mol. The Morgan fingerprint density at radius 2 is 0.679 bits per heavy atom. The summed E-state index contributed by atoms with van der Waals surface area (Å²) in [6.45, 7) is 9.37. The molecule has 17 aromatic carbocycles. The van der Waals surface area contributed by atoms with Crippen LogP contribution in [-0.4, -0.2) is 8.86 Å². The summed E-state index contributed by atoms with van der Waals surface area (Å²) in [6.07, 6.45) is 9.47. The summed E-state index contributed by atoms with van der Waals surface area (Å²) in [4.78, 5) is 0. The first-order valence-electron chi connectivity index (χ1n) is 31.1. The molecule has 0 amide bonds. The van der Waals surface area contributed by atoms with E-state index in [1.54, 1.807) is 30.7 Å². The van der Waals surface area contributed by atoms with E-state index in [2.05, 4.69) is 210 Å². The van der Waals surface area contributed by atoms with Crippen molar-refractivity contribution >= 4 is 140 Å². The second-order valence-electron chi connectivity index (χ2n) is 24.3. The van der Waals surface area contributed by atoms with Crippen LogP contribution in [0.2, 0.25) is 0 Å². The summed E-state index contributed by atoms with van der Waals surface area (Å²) >= 11 is -0.249. The molecule has 0 spiro atoms. The molecule has 0 nitrogen and oxygen atoms in total. The molecule has 0 saturated heterocycles. The van der Waals surface area contributed by atoms with Crippen LogP contribution in [0.5, 0.6) is 0 Å². The fraction of sp³-hybridized carbons (Fsp3) is 0.171. The van der Waals surface area contributed by atoms with E-state index >= 15 is 0 Å². The molecule has 1 aliphatic rings. The van der Waals surface area contributed by atoms with Gasteiger partial charge in [0.1, 0.15) is 0 Å². The molecule has 0 unspecified atom stereocenters. The van der Waals surface area contributed by atoms with Gasteiger partial charge in [0, 0.05) is 0 Å². The first kappa shape index (κ1) is 50.0. The molecule has 0 radical (unpaired) electrons. The van der Waals surface area contributed by atoms with E-state index in [0.29, 0.717) is 0 Å². The van der Waals surface area contributed by atoms with Crippen molar-refractivity contribution in [3.8, 4) is 44.5 Å². The molecule has 0 aliphatic heterocycles. The Bertz CT molecular complexity index is 5240. The molecule has 0 aromatic heterocycles. The molecule has 0 fully saturated rings. The van der Waals surface area contributed by atoms with E-state index in [4.69, 9.17) is 0 Å². The van der Waals surface area contributed by atoms with Crippen LogP contribution in [-0.2, 0) is 12.8 Å². The standard InChI is InChI=1S/C82H62I2/c1-5-9-15-45-23-25-47(26-24-45)68-50-19-11-12-20-51(50)69(48-27-29-49(30-28-48)83-43-7-3)79-65-41-37-58-53-32-31-52-56-35-39-63-74-66(42-38-59(72(56)74)55-34-33-54(71(53)70(52)55)57-36-40-64(78(68)79)75(65)73(57)58)81-77(63)62(18-10-6-2)76-60-21-13-16-46-17-14-22-61(67(46)60)80(76)82(81)84-44-8-4/h11-14,16-17,19-42H,5-10,15,18,43-44H2,1-4H3/q-2. The molecule has 0 saturated carbocycles. The summed E-state index contributed by atoms with van der Waals surface area (Å²) in [5, 5.41) is 37.1. The van der Waals surface area contributed by atoms with Crippen molar-refractivity contribution < 1.29 is 42.4 Å². The third-order valence-corrected chi connectivity index (χ3v) is 26.4. The van der Waals surface area contributed by atoms with Crippen LogP contribution in [0.15, 0.2) is 182 Å². The minimum absolute atomic E-state index is 0.00416. The molecule has 17 aromatic rings. The minimum atomic E-state index is -0.253. The van der Waals surface area contributed by atoms with Gasteiger partial charge in [-0.3, -0.25) is 0 Å². The fourth-order valence-corrected chi connectivity index (χ4v) is 21.4. The summed E-state index contributed by atoms with van der Waals surface area (Å²) in [7, 11) is 0. The van der Waals surface area contributed by atoms with Crippen LogP contribution in [0.1, 0.15) is 77.3 Å². The zero-order valence-electron chi connectivity index (χ0n) is 48.1. The number of aryl methyl sites for hydroxylation is 2. The third-order valence-electron chi connectivity index (χ3n) is 19.8. The Hall–Kier alpha value is -7.38. The number of rotatable bonds is 14.